The molecule has 0 spiro atoms. The number of fused-ring (bicyclic) bond motifs is 2. The molecule has 4 rings (SSSR count). The number of carbonyl (C=O) groups excluding carboxylic acids is 1. The summed E-state index contributed by atoms with van der Waals surface area (Å²) in [5, 5.41) is 4.43. The molecule has 1 aromatic heterocycles. The van der Waals surface area contributed by atoms with Gasteiger partial charge in [-0.25, -0.2) is 0 Å². The average Bonchev–Trinajstić information content (AvgIpc) is 2.76. The maximum absolute atomic E-state index is 12.8. The molecule has 23 heavy (non-hydrogen) atoms. The van der Waals surface area contributed by atoms with Gasteiger partial charge in [-0.1, -0.05) is 6.08 Å². The number of rotatable bonds is 2. The summed E-state index contributed by atoms with van der Waals surface area (Å²) < 4.78 is 7.56. The number of aromatic nitrogens is 2. The summed E-state index contributed by atoms with van der Waals surface area (Å²) in [4.78, 5) is 12.8. The van der Waals surface area contributed by atoms with Crippen molar-refractivity contribution in [3.8, 4) is 0 Å². The van der Waals surface area contributed by atoms with Crippen LogP contribution in [0.1, 0.15) is 57.8 Å². The average molecular weight is 317 g/mol. The van der Waals surface area contributed by atoms with Crippen molar-refractivity contribution in [2.24, 2.45) is 18.2 Å². The van der Waals surface area contributed by atoms with Gasteiger partial charge in [0.15, 0.2) is 0 Å². The highest BCUT2D eigenvalue weighted by Gasteiger charge is 2.53. The normalized spacial score (nSPS) is 30.3. The van der Waals surface area contributed by atoms with Gasteiger partial charge in [-0.05, 0) is 65.0 Å². The minimum absolute atomic E-state index is 0.122. The Morgan fingerprint density at radius 2 is 1.91 bits per heavy atom. The molecule has 0 aromatic carbocycles. The van der Waals surface area contributed by atoms with Crippen molar-refractivity contribution in [1.29, 1.82) is 0 Å². The van der Waals surface area contributed by atoms with Crippen molar-refractivity contribution in [3.63, 3.8) is 0 Å². The Balaban J connectivity index is 2.04. The minimum atomic E-state index is -0.540. The fraction of sp³-hybridized carbons (Fsp3) is 0.667. The maximum atomic E-state index is 12.8. The first kappa shape index (κ1) is 16.2. The number of aryl methyl sites for hydroxylation is 2. The summed E-state index contributed by atoms with van der Waals surface area (Å²) in [5.74, 6) is -0.122. The largest absolute Gasteiger partial charge is 0.459 e. The first-order valence-corrected chi connectivity index (χ1v) is 8.31. The number of hydrogen-bond acceptors (Lipinski definition) is 4. The number of ether oxygens (including phenoxy) is 1. The Morgan fingerprint density at radius 3 is 2.39 bits per heavy atom. The van der Waals surface area contributed by atoms with Crippen molar-refractivity contribution in [3.05, 3.63) is 23.5 Å². The standard InChI is InChI=1S/C18H27N3O2/c1-12-10-14(21(5)20-12)13-11-17(15(22)23-16(2,3)4)6-8-18(13,19)9-7-17/h10-11H,6-9,19H2,1-5H3. The predicted molar refractivity (Wildman–Crippen MR) is 89.6 cm³/mol. The molecule has 3 aliphatic rings. The number of hydrogen-bond donors (Lipinski definition) is 1. The Morgan fingerprint density at radius 1 is 1.30 bits per heavy atom. The van der Waals surface area contributed by atoms with Crippen molar-refractivity contribution < 1.29 is 9.53 Å². The summed E-state index contributed by atoms with van der Waals surface area (Å²) in [5.41, 5.74) is 8.32. The molecule has 0 unspecified atom stereocenters. The molecule has 0 aliphatic heterocycles. The van der Waals surface area contributed by atoms with Crippen LogP contribution >= 0.6 is 0 Å². The molecule has 0 radical (unpaired) electrons. The monoisotopic (exact) mass is 317 g/mol. The van der Waals surface area contributed by atoms with E-state index in [-0.39, 0.29) is 11.5 Å². The summed E-state index contributed by atoms with van der Waals surface area (Å²) >= 11 is 0. The van der Waals surface area contributed by atoms with E-state index < -0.39 is 11.0 Å². The first-order chi connectivity index (χ1) is 10.5. The van der Waals surface area contributed by atoms with Crippen LogP contribution in [0.15, 0.2) is 12.1 Å². The molecule has 2 N–H and O–H groups in total. The lowest BCUT2D eigenvalue weighted by atomic mass is 9.58. The fourth-order valence-electron chi connectivity index (χ4n) is 3.81. The van der Waals surface area contributed by atoms with Crippen LogP contribution in [-0.4, -0.2) is 26.9 Å². The van der Waals surface area contributed by atoms with Crippen LogP contribution in [0.2, 0.25) is 0 Å². The van der Waals surface area contributed by atoms with E-state index >= 15 is 0 Å². The fourth-order valence-corrected chi connectivity index (χ4v) is 3.81. The van der Waals surface area contributed by atoms with Crippen LogP contribution in [0.25, 0.3) is 5.57 Å². The summed E-state index contributed by atoms with van der Waals surface area (Å²) in [6.07, 6.45) is 5.21. The van der Waals surface area contributed by atoms with E-state index in [1.807, 2.05) is 45.5 Å². The van der Waals surface area contributed by atoms with E-state index in [1.54, 1.807) is 0 Å². The van der Waals surface area contributed by atoms with Crippen LogP contribution in [0.4, 0.5) is 0 Å². The molecule has 1 fully saturated rings. The van der Waals surface area contributed by atoms with Crippen LogP contribution in [0, 0.1) is 12.3 Å². The number of carbonyl (C=O) groups is 1. The molecule has 1 heterocycles. The zero-order chi connectivity index (χ0) is 17.0. The molecule has 2 bridgehead atoms. The molecular formula is C18H27N3O2. The third-order valence-electron chi connectivity index (χ3n) is 5.07. The summed E-state index contributed by atoms with van der Waals surface area (Å²) in [6.45, 7) is 7.71. The molecular weight excluding hydrogens is 290 g/mol. The predicted octanol–water partition coefficient (Wildman–Crippen LogP) is 2.73. The SMILES string of the molecule is Cc1cc(C2=CC3(C(=O)OC(C)(C)C)CCC2(N)CC3)n(C)n1. The second kappa shape index (κ2) is 4.94. The van der Waals surface area contributed by atoms with Gasteiger partial charge in [0.2, 0.25) is 0 Å². The second-order valence-corrected chi connectivity index (χ2v) is 8.17. The highest BCUT2D eigenvalue weighted by atomic mass is 16.6. The van der Waals surface area contributed by atoms with E-state index in [2.05, 4.69) is 11.2 Å². The zero-order valence-electron chi connectivity index (χ0n) is 14.8. The summed E-state index contributed by atoms with van der Waals surface area (Å²) in [6, 6.07) is 2.05. The zero-order valence-corrected chi connectivity index (χ0v) is 14.8. The molecule has 1 aromatic rings. The van der Waals surface area contributed by atoms with Crippen LogP contribution < -0.4 is 5.73 Å². The second-order valence-electron chi connectivity index (χ2n) is 8.17. The van der Waals surface area contributed by atoms with E-state index in [1.165, 1.54) is 0 Å². The van der Waals surface area contributed by atoms with E-state index in [4.69, 9.17) is 10.5 Å². The number of nitrogens with zero attached hydrogens (tertiary/aromatic N) is 2. The van der Waals surface area contributed by atoms with Gasteiger partial charge in [-0.3, -0.25) is 9.48 Å². The van der Waals surface area contributed by atoms with Crippen LogP contribution in [-0.2, 0) is 16.6 Å². The van der Waals surface area contributed by atoms with E-state index in [0.29, 0.717) is 0 Å². The highest BCUT2D eigenvalue weighted by molar-refractivity contribution is 5.87. The Labute approximate surface area is 137 Å². The first-order valence-electron chi connectivity index (χ1n) is 8.31. The molecule has 126 valence electrons. The number of esters is 1. The molecule has 0 saturated heterocycles. The summed E-state index contributed by atoms with van der Waals surface area (Å²) in [7, 11) is 1.93. The Bertz CT molecular complexity index is 671. The molecule has 5 nitrogen and oxygen atoms in total. The van der Waals surface area contributed by atoms with Gasteiger partial charge in [0.1, 0.15) is 5.60 Å². The Kier molecular flexibility index (Phi) is 3.49. The van der Waals surface area contributed by atoms with Crippen LogP contribution in [0.3, 0.4) is 0 Å². The lowest BCUT2D eigenvalue weighted by Gasteiger charge is -2.49. The van der Waals surface area contributed by atoms with Gasteiger partial charge in [0.25, 0.3) is 0 Å². The lowest BCUT2D eigenvalue weighted by Crippen LogP contribution is -2.54. The van der Waals surface area contributed by atoms with Gasteiger partial charge >= 0.3 is 5.97 Å². The van der Waals surface area contributed by atoms with Crippen molar-refractivity contribution in [2.45, 2.75) is 64.5 Å². The van der Waals surface area contributed by atoms with Gasteiger partial charge in [-0.2, -0.15) is 5.10 Å². The van der Waals surface area contributed by atoms with Crippen molar-refractivity contribution >= 4 is 11.5 Å². The lowest BCUT2D eigenvalue weighted by molar-refractivity contribution is -0.167. The minimum Gasteiger partial charge on any atom is -0.459 e. The van der Waals surface area contributed by atoms with Gasteiger partial charge in [0, 0.05) is 12.6 Å². The third-order valence-corrected chi connectivity index (χ3v) is 5.07. The third kappa shape index (κ3) is 2.71. The van der Waals surface area contributed by atoms with Crippen molar-refractivity contribution in [1.82, 2.24) is 9.78 Å². The van der Waals surface area contributed by atoms with Crippen molar-refractivity contribution in [2.75, 3.05) is 0 Å². The van der Waals surface area contributed by atoms with E-state index in [9.17, 15) is 4.79 Å². The quantitative estimate of drug-likeness (QED) is 0.852. The topological polar surface area (TPSA) is 70.1 Å². The smallest absolute Gasteiger partial charge is 0.316 e. The van der Waals surface area contributed by atoms with Crippen LogP contribution in [0.5, 0.6) is 0 Å². The number of nitrogens with two attached hydrogens (primary N) is 1. The van der Waals surface area contributed by atoms with Gasteiger partial charge in [-0.15, -0.1) is 0 Å². The molecule has 0 atom stereocenters. The molecule has 5 heteroatoms. The Hall–Kier alpha value is -1.62. The molecule has 3 aliphatic carbocycles. The highest BCUT2D eigenvalue weighted by Crippen LogP contribution is 2.53. The van der Waals surface area contributed by atoms with Gasteiger partial charge in [0.05, 0.1) is 16.8 Å². The molecule has 0 amide bonds. The van der Waals surface area contributed by atoms with Gasteiger partial charge < -0.3 is 10.5 Å². The van der Waals surface area contributed by atoms with E-state index in [0.717, 1.165) is 42.6 Å². The maximum Gasteiger partial charge on any atom is 0.316 e. The molecule has 1 saturated carbocycles.